The fraction of sp³-hybridized carbons (Fsp3) is 0.0769. The zero-order valence-corrected chi connectivity index (χ0v) is 11.2. The predicted molar refractivity (Wildman–Crippen MR) is 72.8 cm³/mol. The second-order valence-electron chi connectivity index (χ2n) is 4.07. The summed E-state index contributed by atoms with van der Waals surface area (Å²) in [5.41, 5.74) is 0.830. The number of carboxylic acids is 1. The Bertz CT molecular complexity index is 714. The van der Waals surface area contributed by atoms with E-state index in [9.17, 15) is 13.2 Å². The third-order valence-corrected chi connectivity index (χ3v) is 3.85. The molecule has 0 aliphatic rings. The topological polar surface area (TPSA) is 96.4 Å². The van der Waals surface area contributed by atoms with Crippen molar-refractivity contribution in [3.05, 3.63) is 54.4 Å². The van der Waals surface area contributed by atoms with Gasteiger partial charge in [0, 0.05) is 18.1 Å². The lowest BCUT2D eigenvalue weighted by atomic mass is 10.1. The monoisotopic (exact) mass is 292 g/mol. The van der Waals surface area contributed by atoms with Crippen LogP contribution in [0.3, 0.4) is 0 Å². The average molecular weight is 292 g/mol. The summed E-state index contributed by atoms with van der Waals surface area (Å²) in [4.78, 5) is 14.4. The van der Waals surface area contributed by atoms with E-state index >= 15 is 0 Å². The molecule has 6 nitrogen and oxygen atoms in total. The van der Waals surface area contributed by atoms with Crippen molar-refractivity contribution in [2.75, 3.05) is 4.72 Å². The molecule has 20 heavy (non-hydrogen) atoms. The molecule has 2 aromatic rings. The zero-order chi connectivity index (χ0) is 14.6. The fourth-order valence-electron chi connectivity index (χ4n) is 1.64. The molecule has 2 rings (SSSR count). The van der Waals surface area contributed by atoms with E-state index in [1.807, 2.05) is 0 Å². The molecule has 0 spiro atoms. The summed E-state index contributed by atoms with van der Waals surface area (Å²) in [6.45, 7) is 0. The highest BCUT2D eigenvalue weighted by Crippen LogP contribution is 2.16. The Balaban J connectivity index is 2.24. The van der Waals surface area contributed by atoms with Crippen molar-refractivity contribution in [3.63, 3.8) is 0 Å². The highest BCUT2D eigenvalue weighted by molar-refractivity contribution is 7.92. The minimum atomic E-state index is -3.72. The molecule has 0 unspecified atom stereocenters. The number of sulfonamides is 1. The lowest BCUT2D eigenvalue weighted by Crippen LogP contribution is -2.13. The Morgan fingerprint density at radius 2 is 2.05 bits per heavy atom. The molecule has 0 atom stereocenters. The molecule has 0 bridgehead atoms. The molecular weight excluding hydrogens is 280 g/mol. The average Bonchev–Trinajstić information content (AvgIpc) is 2.39. The van der Waals surface area contributed by atoms with E-state index in [-0.39, 0.29) is 11.3 Å². The second kappa shape index (κ2) is 5.70. The van der Waals surface area contributed by atoms with Crippen molar-refractivity contribution in [2.45, 2.75) is 11.3 Å². The number of nitrogens with zero attached hydrogens (tertiary/aromatic N) is 1. The standard InChI is InChI=1S/C13H12N2O4S/c16-13(17)8-10-3-1-4-11(7-10)15-20(18,19)12-5-2-6-14-9-12/h1-7,9,15H,8H2,(H,16,17). The van der Waals surface area contributed by atoms with Crippen molar-refractivity contribution in [3.8, 4) is 0 Å². The summed E-state index contributed by atoms with van der Waals surface area (Å²) < 4.78 is 26.5. The molecular formula is C13H12N2O4S. The van der Waals surface area contributed by atoms with Crippen LogP contribution in [0.2, 0.25) is 0 Å². The number of benzene rings is 1. The maximum absolute atomic E-state index is 12.1. The zero-order valence-electron chi connectivity index (χ0n) is 10.4. The number of nitrogens with one attached hydrogen (secondary N) is 1. The van der Waals surface area contributed by atoms with Gasteiger partial charge in [-0.15, -0.1) is 0 Å². The number of hydrogen-bond donors (Lipinski definition) is 2. The van der Waals surface area contributed by atoms with Gasteiger partial charge in [-0.25, -0.2) is 8.42 Å². The first-order valence-corrected chi connectivity index (χ1v) is 7.19. The lowest BCUT2D eigenvalue weighted by Gasteiger charge is -2.08. The Morgan fingerprint density at radius 1 is 1.25 bits per heavy atom. The number of rotatable bonds is 5. The van der Waals surface area contributed by atoms with E-state index in [2.05, 4.69) is 9.71 Å². The molecule has 1 aromatic heterocycles. The van der Waals surface area contributed by atoms with Gasteiger partial charge in [0.25, 0.3) is 10.0 Å². The van der Waals surface area contributed by atoms with E-state index in [1.54, 1.807) is 18.2 Å². The lowest BCUT2D eigenvalue weighted by molar-refractivity contribution is -0.136. The Kier molecular flexibility index (Phi) is 3.99. The summed E-state index contributed by atoms with van der Waals surface area (Å²) in [6.07, 6.45) is 2.55. The number of aromatic nitrogens is 1. The summed E-state index contributed by atoms with van der Waals surface area (Å²) in [7, 11) is -3.72. The van der Waals surface area contributed by atoms with Gasteiger partial charge in [-0.3, -0.25) is 14.5 Å². The molecule has 1 aromatic carbocycles. The van der Waals surface area contributed by atoms with Crippen LogP contribution in [-0.4, -0.2) is 24.5 Å². The molecule has 0 radical (unpaired) electrons. The van der Waals surface area contributed by atoms with Crippen molar-refractivity contribution in [1.82, 2.24) is 4.98 Å². The van der Waals surface area contributed by atoms with Gasteiger partial charge in [0.15, 0.2) is 0 Å². The maximum atomic E-state index is 12.1. The third-order valence-electron chi connectivity index (χ3n) is 2.48. The molecule has 0 aliphatic heterocycles. The largest absolute Gasteiger partial charge is 0.481 e. The van der Waals surface area contributed by atoms with E-state index in [1.165, 1.54) is 30.6 Å². The van der Waals surface area contributed by atoms with Gasteiger partial charge in [-0.1, -0.05) is 12.1 Å². The molecule has 0 fully saturated rings. The van der Waals surface area contributed by atoms with Crippen LogP contribution in [0.1, 0.15) is 5.56 Å². The summed E-state index contributed by atoms with van der Waals surface area (Å²) in [5, 5.41) is 8.72. The SMILES string of the molecule is O=C(O)Cc1cccc(NS(=O)(=O)c2cccnc2)c1. The Labute approximate surface area is 116 Å². The molecule has 2 N–H and O–H groups in total. The van der Waals surface area contributed by atoms with E-state index in [0.29, 0.717) is 11.3 Å². The van der Waals surface area contributed by atoms with Gasteiger partial charge in [0.2, 0.25) is 0 Å². The quantitative estimate of drug-likeness (QED) is 0.870. The van der Waals surface area contributed by atoms with Gasteiger partial charge in [0.1, 0.15) is 4.90 Å². The smallest absolute Gasteiger partial charge is 0.307 e. The van der Waals surface area contributed by atoms with Crippen molar-refractivity contribution >= 4 is 21.7 Å². The van der Waals surface area contributed by atoms with Crippen LogP contribution in [0, 0.1) is 0 Å². The van der Waals surface area contributed by atoms with Crippen LogP contribution in [0.4, 0.5) is 5.69 Å². The minimum Gasteiger partial charge on any atom is -0.481 e. The number of hydrogen-bond acceptors (Lipinski definition) is 4. The molecule has 0 saturated heterocycles. The van der Waals surface area contributed by atoms with Crippen molar-refractivity contribution in [1.29, 1.82) is 0 Å². The fourth-order valence-corrected chi connectivity index (χ4v) is 2.65. The first kappa shape index (κ1) is 14.0. The number of carboxylic acid groups (broad SMARTS) is 1. The highest BCUT2D eigenvalue weighted by atomic mass is 32.2. The number of aliphatic carboxylic acids is 1. The van der Waals surface area contributed by atoms with Gasteiger partial charge >= 0.3 is 5.97 Å². The molecule has 104 valence electrons. The second-order valence-corrected chi connectivity index (χ2v) is 5.75. The molecule has 7 heteroatoms. The van der Waals surface area contributed by atoms with Gasteiger partial charge in [-0.2, -0.15) is 0 Å². The van der Waals surface area contributed by atoms with Crippen LogP contribution < -0.4 is 4.72 Å². The predicted octanol–water partition coefficient (Wildman–Crippen LogP) is 1.51. The van der Waals surface area contributed by atoms with Crippen molar-refractivity contribution in [2.24, 2.45) is 0 Å². The molecule has 0 saturated carbocycles. The Morgan fingerprint density at radius 3 is 2.70 bits per heavy atom. The molecule has 0 aliphatic carbocycles. The maximum Gasteiger partial charge on any atom is 0.307 e. The van der Waals surface area contributed by atoms with Gasteiger partial charge in [0.05, 0.1) is 6.42 Å². The third kappa shape index (κ3) is 3.55. The number of anilines is 1. The molecule has 0 amide bonds. The van der Waals surface area contributed by atoms with Crippen LogP contribution >= 0.6 is 0 Å². The van der Waals surface area contributed by atoms with Crippen molar-refractivity contribution < 1.29 is 18.3 Å². The normalized spacial score (nSPS) is 11.0. The minimum absolute atomic E-state index is 0.0450. The Hall–Kier alpha value is -2.41. The van der Waals surface area contributed by atoms with E-state index in [4.69, 9.17) is 5.11 Å². The van der Waals surface area contributed by atoms with Crippen LogP contribution in [-0.2, 0) is 21.2 Å². The van der Waals surface area contributed by atoms with Gasteiger partial charge < -0.3 is 5.11 Å². The summed E-state index contributed by atoms with van der Waals surface area (Å²) in [5.74, 6) is -0.975. The molecule has 1 heterocycles. The first-order chi connectivity index (χ1) is 9.47. The highest BCUT2D eigenvalue weighted by Gasteiger charge is 2.14. The number of carbonyl (C=O) groups is 1. The van der Waals surface area contributed by atoms with Crippen LogP contribution in [0.15, 0.2) is 53.7 Å². The summed E-state index contributed by atoms with van der Waals surface area (Å²) in [6, 6.07) is 9.21. The van der Waals surface area contributed by atoms with Crippen LogP contribution in [0.5, 0.6) is 0 Å². The first-order valence-electron chi connectivity index (χ1n) is 5.71. The van der Waals surface area contributed by atoms with Gasteiger partial charge in [-0.05, 0) is 29.8 Å². The number of pyridine rings is 1. The van der Waals surface area contributed by atoms with E-state index in [0.717, 1.165) is 0 Å². The van der Waals surface area contributed by atoms with E-state index < -0.39 is 16.0 Å². The van der Waals surface area contributed by atoms with Crippen LogP contribution in [0.25, 0.3) is 0 Å². The summed E-state index contributed by atoms with van der Waals surface area (Å²) >= 11 is 0.